The number of urea groups is 1. The first-order valence-electron chi connectivity index (χ1n) is 12.1. The lowest BCUT2D eigenvalue weighted by Crippen LogP contribution is -2.32. The van der Waals surface area contributed by atoms with Crippen LogP contribution in [0.4, 0.5) is 4.79 Å². The number of carbonyl (C=O) groups excluding carboxylic acids is 2. The molecule has 3 N–H and O–H groups in total. The van der Waals surface area contributed by atoms with Crippen molar-refractivity contribution in [2.45, 2.75) is 110 Å². The molecule has 0 bridgehead atoms. The molecule has 5 nitrogen and oxygen atoms in total. The van der Waals surface area contributed by atoms with Gasteiger partial charge in [0, 0.05) is 5.57 Å². The molecule has 174 valence electrons. The van der Waals surface area contributed by atoms with Crippen molar-refractivity contribution in [2.24, 2.45) is 5.73 Å². The van der Waals surface area contributed by atoms with Gasteiger partial charge in [0.2, 0.25) is 0 Å². The molecule has 30 heavy (non-hydrogen) atoms. The molecule has 2 amide bonds. The molecule has 0 rings (SSSR count). The molecule has 0 saturated carbocycles. The highest BCUT2D eigenvalue weighted by Gasteiger charge is 2.08. The summed E-state index contributed by atoms with van der Waals surface area (Å²) in [7, 11) is 0. The monoisotopic (exact) mass is 422 g/mol. The van der Waals surface area contributed by atoms with Gasteiger partial charge in [-0.25, -0.2) is 9.59 Å². The third-order valence-corrected chi connectivity index (χ3v) is 5.16. The van der Waals surface area contributed by atoms with E-state index in [0.717, 1.165) is 12.8 Å². The van der Waals surface area contributed by atoms with Crippen LogP contribution in [0.3, 0.4) is 0 Å². The van der Waals surface area contributed by atoms with Crippen LogP contribution in [0.2, 0.25) is 0 Å². The second kappa shape index (κ2) is 21.9. The number of nitrogens with one attached hydrogen (secondary N) is 1. The summed E-state index contributed by atoms with van der Waals surface area (Å²) in [4.78, 5) is 22.2. The Morgan fingerprint density at radius 3 is 1.87 bits per heavy atom. The average Bonchev–Trinajstić information content (AvgIpc) is 2.72. The highest BCUT2D eigenvalue weighted by Crippen LogP contribution is 2.13. The van der Waals surface area contributed by atoms with Gasteiger partial charge in [0.25, 0.3) is 0 Å². The van der Waals surface area contributed by atoms with Crippen LogP contribution in [0.1, 0.15) is 110 Å². The van der Waals surface area contributed by atoms with Crippen LogP contribution in [0.5, 0.6) is 0 Å². The van der Waals surface area contributed by atoms with E-state index >= 15 is 0 Å². The van der Waals surface area contributed by atoms with E-state index in [1.807, 2.05) is 0 Å². The Hall–Kier alpha value is -1.78. The summed E-state index contributed by atoms with van der Waals surface area (Å²) in [5, 5.41) is 2.37. The largest absolute Gasteiger partial charge is 0.460 e. The Bertz CT molecular complexity index is 475. The minimum absolute atomic E-state index is 0.120. The van der Waals surface area contributed by atoms with E-state index in [0.29, 0.717) is 12.0 Å². The van der Waals surface area contributed by atoms with Gasteiger partial charge >= 0.3 is 12.0 Å². The van der Waals surface area contributed by atoms with Gasteiger partial charge in [-0.2, -0.15) is 0 Å². The van der Waals surface area contributed by atoms with Crippen molar-refractivity contribution in [3.63, 3.8) is 0 Å². The van der Waals surface area contributed by atoms with Crippen molar-refractivity contribution < 1.29 is 14.3 Å². The molecule has 5 heteroatoms. The van der Waals surface area contributed by atoms with Gasteiger partial charge in [0.05, 0.1) is 6.54 Å². The number of primary amides is 1. The van der Waals surface area contributed by atoms with Crippen LogP contribution in [-0.4, -0.2) is 25.2 Å². The molecule has 0 spiro atoms. The van der Waals surface area contributed by atoms with Crippen LogP contribution in [0.15, 0.2) is 24.3 Å². The van der Waals surface area contributed by atoms with Crippen molar-refractivity contribution >= 4 is 12.0 Å². The molecule has 0 aromatic heterocycles. The molecule has 0 radical (unpaired) electrons. The number of hydrogen-bond acceptors (Lipinski definition) is 3. The van der Waals surface area contributed by atoms with Gasteiger partial charge in [-0.1, -0.05) is 89.9 Å². The Morgan fingerprint density at radius 2 is 1.33 bits per heavy atom. The maximum absolute atomic E-state index is 11.7. The van der Waals surface area contributed by atoms with Crippen LogP contribution in [0, 0.1) is 0 Å². The van der Waals surface area contributed by atoms with E-state index in [-0.39, 0.29) is 19.1 Å². The Balaban J connectivity index is 3.33. The Morgan fingerprint density at radius 1 is 0.833 bits per heavy atom. The zero-order chi connectivity index (χ0) is 22.3. The number of carbonyl (C=O) groups is 2. The summed E-state index contributed by atoms with van der Waals surface area (Å²) in [5.41, 5.74) is 5.44. The van der Waals surface area contributed by atoms with E-state index in [1.54, 1.807) is 0 Å². The summed E-state index contributed by atoms with van der Waals surface area (Å²) in [6.45, 7) is 6.40. The summed E-state index contributed by atoms with van der Waals surface area (Å²) < 4.78 is 5.02. The first-order chi connectivity index (χ1) is 14.6. The lowest BCUT2D eigenvalue weighted by Gasteiger charge is -2.07. The predicted molar refractivity (Wildman–Crippen MR) is 126 cm³/mol. The lowest BCUT2D eigenvalue weighted by molar-refractivity contribution is -0.139. The zero-order valence-corrected chi connectivity index (χ0v) is 19.4. The highest BCUT2D eigenvalue weighted by atomic mass is 16.5. The smallest absolute Gasteiger partial charge is 0.333 e. The fourth-order valence-electron chi connectivity index (χ4n) is 3.28. The van der Waals surface area contributed by atoms with E-state index in [9.17, 15) is 9.59 Å². The standard InChI is InChI=1S/C25H46N2O3/c1-3-4-5-6-7-8-9-10-11-12-13-14-15-16-17-18-19-20-23(2)24(28)30-22-21-27-25(26)29/h10-11H,2-9,12-22H2,1H3,(H3,26,27,29)/b11-10-. The molecule has 0 aromatic rings. The normalized spacial score (nSPS) is 11.0. The van der Waals surface area contributed by atoms with Crippen molar-refractivity contribution in [1.82, 2.24) is 5.32 Å². The Kier molecular flexibility index (Phi) is 20.6. The molecule has 0 aliphatic heterocycles. The average molecular weight is 423 g/mol. The van der Waals surface area contributed by atoms with Gasteiger partial charge in [-0.05, 0) is 38.5 Å². The number of hydrogen-bond donors (Lipinski definition) is 2. The molecule has 0 aliphatic rings. The minimum atomic E-state index is -0.621. The molecule has 0 aromatic carbocycles. The number of nitrogens with two attached hydrogens (primary N) is 1. The second-order valence-electron chi connectivity index (χ2n) is 8.07. The quantitative estimate of drug-likeness (QED) is 0.0949. The summed E-state index contributed by atoms with van der Waals surface area (Å²) in [6, 6.07) is -0.621. The lowest BCUT2D eigenvalue weighted by atomic mass is 10.0. The first kappa shape index (κ1) is 28.2. The second-order valence-corrected chi connectivity index (χ2v) is 8.07. The topological polar surface area (TPSA) is 81.4 Å². The summed E-state index contributed by atoms with van der Waals surface area (Å²) in [5.74, 6) is -0.384. The number of amides is 2. The predicted octanol–water partition coefficient (Wildman–Crippen LogP) is 6.57. The number of rotatable bonds is 21. The van der Waals surface area contributed by atoms with Crippen molar-refractivity contribution in [3.05, 3.63) is 24.3 Å². The molecular formula is C25H46N2O3. The van der Waals surface area contributed by atoms with Crippen LogP contribution >= 0.6 is 0 Å². The van der Waals surface area contributed by atoms with Crippen molar-refractivity contribution in [2.75, 3.05) is 13.2 Å². The van der Waals surface area contributed by atoms with Gasteiger partial charge in [0.15, 0.2) is 0 Å². The molecule has 0 saturated heterocycles. The van der Waals surface area contributed by atoms with E-state index in [4.69, 9.17) is 10.5 Å². The molecule has 0 atom stereocenters. The molecular weight excluding hydrogens is 376 g/mol. The van der Waals surface area contributed by atoms with Gasteiger partial charge < -0.3 is 15.8 Å². The fourth-order valence-corrected chi connectivity index (χ4v) is 3.28. The van der Waals surface area contributed by atoms with Crippen LogP contribution in [0.25, 0.3) is 0 Å². The maximum atomic E-state index is 11.7. The van der Waals surface area contributed by atoms with Crippen LogP contribution < -0.4 is 11.1 Å². The van der Waals surface area contributed by atoms with Crippen molar-refractivity contribution in [1.29, 1.82) is 0 Å². The molecule has 0 fully saturated rings. The number of unbranched alkanes of at least 4 members (excludes halogenated alkanes) is 13. The van der Waals surface area contributed by atoms with Crippen LogP contribution in [-0.2, 0) is 9.53 Å². The minimum Gasteiger partial charge on any atom is -0.460 e. The van der Waals surface area contributed by atoms with Gasteiger partial charge in [0.1, 0.15) is 6.61 Å². The van der Waals surface area contributed by atoms with E-state index < -0.39 is 6.03 Å². The molecule has 0 heterocycles. The summed E-state index contributed by atoms with van der Waals surface area (Å²) in [6.07, 6.45) is 24.5. The summed E-state index contributed by atoms with van der Waals surface area (Å²) >= 11 is 0. The van der Waals surface area contributed by atoms with E-state index in [2.05, 4.69) is 31.0 Å². The van der Waals surface area contributed by atoms with Crippen molar-refractivity contribution in [3.8, 4) is 0 Å². The third-order valence-electron chi connectivity index (χ3n) is 5.16. The number of ether oxygens (including phenoxy) is 1. The number of allylic oxidation sites excluding steroid dienone is 2. The number of esters is 1. The fraction of sp³-hybridized carbons (Fsp3) is 0.760. The molecule has 0 unspecified atom stereocenters. The maximum Gasteiger partial charge on any atom is 0.333 e. The molecule has 0 aliphatic carbocycles. The van der Waals surface area contributed by atoms with Gasteiger partial charge in [-0.15, -0.1) is 0 Å². The van der Waals surface area contributed by atoms with E-state index in [1.165, 1.54) is 83.5 Å². The third kappa shape index (κ3) is 20.9. The zero-order valence-electron chi connectivity index (χ0n) is 19.4. The Labute approximate surface area is 184 Å². The highest BCUT2D eigenvalue weighted by molar-refractivity contribution is 5.87. The SMILES string of the molecule is C=C(CCCCCCCCC/C=C\CCCCCCCC)C(=O)OCCNC(N)=O. The first-order valence-corrected chi connectivity index (χ1v) is 12.1. The van der Waals surface area contributed by atoms with Gasteiger partial charge in [-0.3, -0.25) is 0 Å².